The number of nitrogens with zero attached hydrogens (tertiary/aromatic N) is 3. The molecule has 1 atom stereocenters. The predicted molar refractivity (Wildman–Crippen MR) is 105 cm³/mol. The van der Waals surface area contributed by atoms with E-state index in [1.165, 1.54) is 27.7 Å². The van der Waals surface area contributed by atoms with Crippen LogP contribution in [-0.4, -0.2) is 39.3 Å². The van der Waals surface area contributed by atoms with Gasteiger partial charge in [0.2, 0.25) is 5.95 Å². The van der Waals surface area contributed by atoms with Gasteiger partial charge in [0.05, 0.1) is 6.10 Å². The van der Waals surface area contributed by atoms with Crippen LogP contribution in [0.25, 0.3) is 10.9 Å². The summed E-state index contributed by atoms with van der Waals surface area (Å²) < 4.78 is 0. The minimum absolute atomic E-state index is 0.259. The van der Waals surface area contributed by atoms with E-state index in [0.29, 0.717) is 19.0 Å². The zero-order chi connectivity index (χ0) is 18.1. The molecule has 4 rings (SSSR count). The second kappa shape index (κ2) is 6.96. The number of rotatable bonds is 5. The van der Waals surface area contributed by atoms with Gasteiger partial charge >= 0.3 is 0 Å². The number of aromatic nitrogens is 3. The number of anilines is 2. The number of aryl methyl sites for hydroxylation is 2. The zero-order valence-electron chi connectivity index (χ0n) is 15.3. The minimum Gasteiger partial charge on any atom is -0.391 e. The van der Waals surface area contributed by atoms with Gasteiger partial charge < -0.3 is 20.3 Å². The largest absolute Gasteiger partial charge is 0.391 e. The molecule has 0 unspecified atom stereocenters. The van der Waals surface area contributed by atoms with Crippen LogP contribution in [-0.2, 0) is 13.0 Å². The summed E-state index contributed by atoms with van der Waals surface area (Å²) in [5, 5.41) is 14.3. The Labute approximate surface area is 153 Å². The highest BCUT2D eigenvalue weighted by Crippen LogP contribution is 2.24. The van der Waals surface area contributed by atoms with E-state index < -0.39 is 0 Å². The third-order valence-corrected chi connectivity index (χ3v) is 5.16. The molecule has 2 aromatic heterocycles. The first-order valence-electron chi connectivity index (χ1n) is 9.24. The van der Waals surface area contributed by atoms with Crippen LogP contribution in [0, 0.1) is 6.92 Å². The Morgan fingerprint density at radius 1 is 1.35 bits per heavy atom. The van der Waals surface area contributed by atoms with Crippen molar-refractivity contribution >= 4 is 22.7 Å². The van der Waals surface area contributed by atoms with Crippen LogP contribution in [0.4, 0.5) is 11.8 Å². The standard InChI is InChI=1S/C20H25N5O/c1-3-17-13(2)16-10-14(4-5-18(16)23-17)11-22-20-21-8-6-19(24-20)25-9-7-15(26)12-25/h4-6,8,10,15,23,26H,3,7,9,11-12H2,1-2H3,(H,21,22,24)/t15-/m0/s1. The lowest BCUT2D eigenvalue weighted by Crippen LogP contribution is -2.22. The lowest BCUT2D eigenvalue weighted by atomic mass is 10.1. The summed E-state index contributed by atoms with van der Waals surface area (Å²) in [6.45, 7) is 6.49. The fourth-order valence-corrected chi connectivity index (χ4v) is 3.63. The maximum Gasteiger partial charge on any atom is 0.224 e. The molecule has 1 aliphatic heterocycles. The van der Waals surface area contributed by atoms with E-state index in [1.807, 2.05) is 6.07 Å². The van der Waals surface area contributed by atoms with E-state index in [4.69, 9.17) is 0 Å². The normalized spacial score (nSPS) is 17.2. The molecule has 0 saturated carbocycles. The molecule has 26 heavy (non-hydrogen) atoms. The average molecular weight is 351 g/mol. The van der Waals surface area contributed by atoms with Crippen molar-refractivity contribution in [1.29, 1.82) is 0 Å². The van der Waals surface area contributed by atoms with Gasteiger partial charge in [-0.1, -0.05) is 13.0 Å². The molecule has 1 aliphatic rings. The molecule has 0 radical (unpaired) electrons. The first kappa shape index (κ1) is 16.8. The molecule has 3 heterocycles. The van der Waals surface area contributed by atoms with E-state index in [9.17, 15) is 5.11 Å². The molecule has 1 aromatic carbocycles. The molecule has 136 valence electrons. The van der Waals surface area contributed by atoms with Gasteiger partial charge in [-0.25, -0.2) is 4.98 Å². The highest BCUT2D eigenvalue weighted by Gasteiger charge is 2.21. The van der Waals surface area contributed by atoms with Crippen LogP contribution < -0.4 is 10.2 Å². The third kappa shape index (κ3) is 3.24. The summed E-state index contributed by atoms with van der Waals surface area (Å²) >= 11 is 0. The average Bonchev–Trinajstić information content (AvgIpc) is 3.24. The molecular formula is C20H25N5O. The fraction of sp³-hybridized carbons (Fsp3) is 0.400. The lowest BCUT2D eigenvalue weighted by Gasteiger charge is -2.17. The van der Waals surface area contributed by atoms with Crippen LogP contribution in [0.1, 0.15) is 30.2 Å². The van der Waals surface area contributed by atoms with Crippen molar-refractivity contribution in [2.45, 2.75) is 39.3 Å². The van der Waals surface area contributed by atoms with Gasteiger partial charge in [0.1, 0.15) is 5.82 Å². The SMILES string of the molecule is CCc1[nH]c2ccc(CNc3nccc(N4CC[C@H](O)C4)n3)cc2c1C. The van der Waals surface area contributed by atoms with E-state index >= 15 is 0 Å². The monoisotopic (exact) mass is 351 g/mol. The summed E-state index contributed by atoms with van der Waals surface area (Å²) in [5.41, 5.74) is 5.02. The first-order valence-corrected chi connectivity index (χ1v) is 9.24. The summed E-state index contributed by atoms with van der Waals surface area (Å²) in [5.74, 6) is 1.48. The smallest absolute Gasteiger partial charge is 0.224 e. The van der Waals surface area contributed by atoms with Gasteiger partial charge in [-0.05, 0) is 49.1 Å². The van der Waals surface area contributed by atoms with Crippen LogP contribution in [0.15, 0.2) is 30.5 Å². The number of aromatic amines is 1. The van der Waals surface area contributed by atoms with E-state index in [-0.39, 0.29) is 6.10 Å². The number of hydrogen-bond donors (Lipinski definition) is 3. The summed E-state index contributed by atoms with van der Waals surface area (Å²) in [7, 11) is 0. The van der Waals surface area contributed by atoms with Crippen molar-refractivity contribution < 1.29 is 5.11 Å². The number of benzene rings is 1. The Morgan fingerprint density at radius 3 is 3.00 bits per heavy atom. The molecule has 0 amide bonds. The fourth-order valence-electron chi connectivity index (χ4n) is 3.63. The Kier molecular flexibility index (Phi) is 4.51. The van der Waals surface area contributed by atoms with Crippen LogP contribution in [0.5, 0.6) is 0 Å². The van der Waals surface area contributed by atoms with Gasteiger partial charge in [0.15, 0.2) is 0 Å². The highest BCUT2D eigenvalue weighted by molar-refractivity contribution is 5.85. The lowest BCUT2D eigenvalue weighted by molar-refractivity contribution is 0.198. The van der Waals surface area contributed by atoms with Gasteiger partial charge in [-0.15, -0.1) is 0 Å². The topological polar surface area (TPSA) is 77.1 Å². The number of aliphatic hydroxyl groups is 1. The number of H-pyrrole nitrogens is 1. The number of fused-ring (bicyclic) bond motifs is 1. The molecule has 6 heteroatoms. The summed E-state index contributed by atoms with van der Waals surface area (Å²) in [6.07, 6.45) is 3.32. The molecule has 3 N–H and O–H groups in total. The molecule has 0 bridgehead atoms. The summed E-state index contributed by atoms with van der Waals surface area (Å²) in [6, 6.07) is 8.39. The predicted octanol–water partition coefficient (Wildman–Crippen LogP) is 3.01. The first-order chi connectivity index (χ1) is 12.6. The van der Waals surface area contributed by atoms with Crippen molar-refractivity contribution in [3.63, 3.8) is 0 Å². The van der Waals surface area contributed by atoms with Crippen LogP contribution in [0.3, 0.4) is 0 Å². The second-order valence-corrected chi connectivity index (χ2v) is 6.94. The highest BCUT2D eigenvalue weighted by atomic mass is 16.3. The van der Waals surface area contributed by atoms with Crippen molar-refractivity contribution in [2.24, 2.45) is 0 Å². The molecular weight excluding hydrogens is 326 g/mol. The Morgan fingerprint density at radius 2 is 2.23 bits per heavy atom. The van der Waals surface area contributed by atoms with Crippen molar-refractivity contribution in [2.75, 3.05) is 23.3 Å². The molecule has 1 fully saturated rings. The Bertz CT molecular complexity index is 920. The van der Waals surface area contributed by atoms with Crippen molar-refractivity contribution in [1.82, 2.24) is 15.0 Å². The minimum atomic E-state index is -0.259. The zero-order valence-corrected chi connectivity index (χ0v) is 15.3. The molecule has 0 spiro atoms. The second-order valence-electron chi connectivity index (χ2n) is 6.94. The number of hydrogen-bond acceptors (Lipinski definition) is 5. The number of β-amino-alcohol motifs (C(OH)–C–C–N with tert-alkyl or cyclic N) is 1. The molecule has 0 aliphatic carbocycles. The van der Waals surface area contributed by atoms with E-state index in [2.05, 4.69) is 57.2 Å². The van der Waals surface area contributed by atoms with Gasteiger partial charge in [-0.3, -0.25) is 0 Å². The van der Waals surface area contributed by atoms with Gasteiger partial charge in [0, 0.05) is 42.4 Å². The number of nitrogens with one attached hydrogen (secondary N) is 2. The van der Waals surface area contributed by atoms with Crippen LogP contribution in [0.2, 0.25) is 0 Å². The Balaban J connectivity index is 1.48. The molecule has 6 nitrogen and oxygen atoms in total. The van der Waals surface area contributed by atoms with Crippen molar-refractivity contribution in [3.8, 4) is 0 Å². The maximum atomic E-state index is 9.71. The third-order valence-electron chi connectivity index (χ3n) is 5.16. The summed E-state index contributed by atoms with van der Waals surface area (Å²) in [4.78, 5) is 14.5. The van der Waals surface area contributed by atoms with Crippen molar-refractivity contribution in [3.05, 3.63) is 47.3 Å². The Hall–Kier alpha value is -2.60. The number of aliphatic hydroxyl groups excluding tert-OH is 1. The molecule has 3 aromatic rings. The maximum absolute atomic E-state index is 9.71. The van der Waals surface area contributed by atoms with E-state index in [0.717, 1.165) is 25.2 Å². The van der Waals surface area contributed by atoms with E-state index in [1.54, 1.807) is 6.20 Å². The molecule has 1 saturated heterocycles. The quantitative estimate of drug-likeness (QED) is 0.659. The van der Waals surface area contributed by atoms with Gasteiger partial charge in [-0.2, -0.15) is 4.98 Å². The van der Waals surface area contributed by atoms with Gasteiger partial charge in [0.25, 0.3) is 0 Å². The van der Waals surface area contributed by atoms with Crippen LogP contribution >= 0.6 is 0 Å².